The Balaban J connectivity index is 1.98. The molecule has 0 unspecified atom stereocenters. The Labute approximate surface area is 145 Å². The average Bonchev–Trinajstić information content (AvgIpc) is 2.56. The third-order valence-electron chi connectivity index (χ3n) is 3.20. The van der Waals surface area contributed by atoms with Crippen LogP contribution in [-0.4, -0.2) is 25.9 Å². The number of benzene rings is 2. The van der Waals surface area contributed by atoms with Gasteiger partial charge in [0.05, 0.1) is 20.0 Å². The normalized spacial score (nSPS) is 10.3. The highest BCUT2D eigenvalue weighted by atomic mass is 35.5. The van der Waals surface area contributed by atoms with Crippen molar-refractivity contribution in [2.45, 2.75) is 11.8 Å². The first-order valence-corrected chi connectivity index (χ1v) is 8.30. The lowest BCUT2D eigenvalue weighted by Crippen LogP contribution is -2.14. The van der Waals surface area contributed by atoms with Gasteiger partial charge in [-0.05, 0) is 42.8 Å². The quantitative estimate of drug-likeness (QED) is 0.784. The second-order valence-electron chi connectivity index (χ2n) is 4.81. The van der Waals surface area contributed by atoms with Crippen LogP contribution < -0.4 is 14.8 Å². The van der Waals surface area contributed by atoms with Crippen LogP contribution in [0.2, 0.25) is 5.02 Å². The third-order valence-corrected chi connectivity index (χ3v) is 4.43. The highest BCUT2D eigenvalue weighted by molar-refractivity contribution is 8.00. The minimum Gasteiger partial charge on any atom is -0.493 e. The number of halogens is 1. The van der Waals surface area contributed by atoms with Crippen molar-refractivity contribution >= 4 is 35.0 Å². The summed E-state index contributed by atoms with van der Waals surface area (Å²) in [5.74, 6) is 1.51. The van der Waals surface area contributed by atoms with Gasteiger partial charge < -0.3 is 14.8 Å². The Hall–Kier alpha value is -1.85. The number of nitrogens with one attached hydrogen (secondary N) is 1. The van der Waals surface area contributed by atoms with E-state index in [1.807, 2.05) is 31.2 Å². The summed E-state index contributed by atoms with van der Waals surface area (Å²) in [5, 5.41) is 3.47. The number of carbonyl (C=O) groups is 1. The molecule has 0 aromatic heterocycles. The number of hydrogen-bond acceptors (Lipinski definition) is 4. The van der Waals surface area contributed by atoms with Crippen LogP contribution in [0.25, 0.3) is 0 Å². The van der Waals surface area contributed by atoms with E-state index >= 15 is 0 Å². The summed E-state index contributed by atoms with van der Waals surface area (Å²) >= 11 is 7.38. The number of methoxy groups -OCH3 is 2. The van der Waals surface area contributed by atoms with Crippen LogP contribution >= 0.6 is 23.4 Å². The van der Waals surface area contributed by atoms with Crippen LogP contribution in [0.1, 0.15) is 5.56 Å². The predicted octanol–water partition coefficient (Wildman–Crippen LogP) is 4.40. The van der Waals surface area contributed by atoms with Gasteiger partial charge >= 0.3 is 0 Å². The van der Waals surface area contributed by atoms with E-state index in [-0.39, 0.29) is 5.91 Å². The van der Waals surface area contributed by atoms with Gasteiger partial charge in [0, 0.05) is 15.6 Å². The maximum atomic E-state index is 12.1. The number of rotatable bonds is 6. The topological polar surface area (TPSA) is 47.6 Å². The maximum Gasteiger partial charge on any atom is 0.234 e. The molecule has 0 spiro atoms. The molecule has 0 saturated carbocycles. The largest absolute Gasteiger partial charge is 0.493 e. The molecule has 0 fully saturated rings. The van der Waals surface area contributed by atoms with E-state index in [0.29, 0.717) is 22.3 Å². The van der Waals surface area contributed by atoms with Crippen molar-refractivity contribution in [3.05, 3.63) is 47.0 Å². The van der Waals surface area contributed by atoms with Crippen LogP contribution in [0.3, 0.4) is 0 Å². The van der Waals surface area contributed by atoms with Gasteiger partial charge in [0.25, 0.3) is 0 Å². The molecule has 0 bridgehead atoms. The van der Waals surface area contributed by atoms with E-state index < -0.39 is 0 Å². The maximum absolute atomic E-state index is 12.1. The molecule has 2 aromatic rings. The summed E-state index contributed by atoms with van der Waals surface area (Å²) in [5.41, 5.74) is 1.70. The van der Waals surface area contributed by atoms with Crippen molar-refractivity contribution in [2.75, 3.05) is 25.3 Å². The van der Waals surface area contributed by atoms with Gasteiger partial charge in [0.1, 0.15) is 0 Å². The summed E-state index contributed by atoms with van der Waals surface area (Å²) in [6.07, 6.45) is 0. The molecule has 0 radical (unpaired) electrons. The zero-order valence-corrected chi connectivity index (χ0v) is 14.8. The highest BCUT2D eigenvalue weighted by Crippen LogP contribution is 2.32. The molecule has 6 heteroatoms. The summed E-state index contributed by atoms with van der Waals surface area (Å²) < 4.78 is 10.4. The van der Waals surface area contributed by atoms with E-state index in [1.54, 1.807) is 26.4 Å². The predicted molar refractivity (Wildman–Crippen MR) is 95.1 cm³/mol. The molecule has 0 aliphatic rings. The molecule has 0 aliphatic carbocycles. The summed E-state index contributed by atoms with van der Waals surface area (Å²) in [7, 11) is 3.17. The molecular formula is C17H18ClNO3S. The first kappa shape index (κ1) is 17.5. The van der Waals surface area contributed by atoms with E-state index in [2.05, 4.69) is 5.32 Å². The first-order chi connectivity index (χ1) is 11.0. The lowest BCUT2D eigenvalue weighted by Gasteiger charge is -2.10. The molecule has 1 N–H and O–H groups in total. The molecule has 0 atom stereocenters. The first-order valence-electron chi connectivity index (χ1n) is 6.94. The van der Waals surface area contributed by atoms with Crippen LogP contribution in [0.4, 0.5) is 5.69 Å². The van der Waals surface area contributed by atoms with Crippen molar-refractivity contribution in [2.24, 2.45) is 0 Å². The minimum absolute atomic E-state index is 0.0878. The Bertz CT molecular complexity index is 706. The molecule has 1 amide bonds. The van der Waals surface area contributed by atoms with Gasteiger partial charge in [0.2, 0.25) is 5.91 Å². The molecule has 0 heterocycles. The Kier molecular flexibility index (Phi) is 6.19. The van der Waals surface area contributed by atoms with Crippen molar-refractivity contribution in [1.82, 2.24) is 0 Å². The summed E-state index contributed by atoms with van der Waals surface area (Å²) in [6.45, 7) is 1.92. The van der Waals surface area contributed by atoms with E-state index in [9.17, 15) is 4.79 Å². The van der Waals surface area contributed by atoms with E-state index in [4.69, 9.17) is 21.1 Å². The fraction of sp³-hybridized carbons (Fsp3) is 0.235. The fourth-order valence-corrected chi connectivity index (χ4v) is 2.87. The molecule has 2 rings (SSSR count). The SMILES string of the molecule is COc1ccc(SCC(=O)Nc2cc(Cl)ccc2C)cc1OC. The molecule has 0 saturated heterocycles. The fourth-order valence-electron chi connectivity index (χ4n) is 1.97. The lowest BCUT2D eigenvalue weighted by molar-refractivity contribution is -0.113. The molecule has 23 heavy (non-hydrogen) atoms. The summed E-state index contributed by atoms with van der Waals surface area (Å²) in [4.78, 5) is 13.0. The minimum atomic E-state index is -0.0878. The van der Waals surface area contributed by atoms with Gasteiger partial charge in [-0.1, -0.05) is 17.7 Å². The zero-order valence-electron chi connectivity index (χ0n) is 13.2. The van der Waals surface area contributed by atoms with Gasteiger partial charge in [-0.25, -0.2) is 0 Å². The van der Waals surface area contributed by atoms with Crippen molar-refractivity contribution in [1.29, 1.82) is 0 Å². The monoisotopic (exact) mass is 351 g/mol. The summed E-state index contributed by atoms with van der Waals surface area (Å²) in [6, 6.07) is 11.0. The van der Waals surface area contributed by atoms with Crippen molar-refractivity contribution < 1.29 is 14.3 Å². The van der Waals surface area contributed by atoms with Gasteiger partial charge in [0.15, 0.2) is 11.5 Å². The average molecular weight is 352 g/mol. The molecule has 4 nitrogen and oxygen atoms in total. The molecular weight excluding hydrogens is 334 g/mol. The van der Waals surface area contributed by atoms with Crippen molar-refractivity contribution in [3.8, 4) is 11.5 Å². The smallest absolute Gasteiger partial charge is 0.234 e. The van der Waals surface area contributed by atoms with E-state index in [0.717, 1.165) is 16.1 Å². The molecule has 0 aliphatic heterocycles. The van der Waals surface area contributed by atoms with Crippen LogP contribution in [-0.2, 0) is 4.79 Å². The van der Waals surface area contributed by atoms with Crippen molar-refractivity contribution in [3.63, 3.8) is 0 Å². The highest BCUT2D eigenvalue weighted by Gasteiger charge is 2.09. The third kappa shape index (κ3) is 4.81. The standard InChI is InChI=1S/C17H18ClNO3S/c1-11-4-5-12(18)8-14(11)19-17(20)10-23-13-6-7-15(21-2)16(9-13)22-3/h4-9H,10H2,1-3H3,(H,19,20). The number of anilines is 1. The number of ether oxygens (including phenoxy) is 2. The second kappa shape index (κ2) is 8.13. The number of hydrogen-bond donors (Lipinski definition) is 1. The Morgan fingerprint density at radius 2 is 1.87 bits per heavy atom. The van der Waals surface area contributed by atoms with Gasteiger partial charge in [-0.2, -0.15) is 0 Å². The zero-order chi connectivity index (χ0) is 16.8. The number of aryl methyl sites for hydroxylation is 1. The van der Waals surface area contributed by atoms with E-state index in [1.165, 1.54) is 11.8 Å². The lowest BCUT2D eigenvalue weighted by atomic mass is 10.2. The molecule has 2 aromatic carbocycles. The number of carbonyl (C=O) groups excluding carboxylic acids is 1. The van der Waals surface area contributed by atoms with Crippen LogP contribution in [0.5, 0.6) is 11.5 Å². The van der Waals surface area contributed by atoms with Gasteiger partial charge in [-0.3, -0.25) is 4.79 Å². The van der Waals surface area contributed by atoms with Crippen LogP contribution in [0.15, 0.2) is 41.3 Å². The Morgan fingerprint density at radius 3 is 2.57 bits per heavy atom. The van der Waals surface area contributed by atoms with Crippen LogP contribution in [0, 0.1) is 6.92 Å². The molecule has 122 valence electrons. The second-order valence-corrected chi connectivity index (χ2v) is 6.30. The Morgan fingerprint density at radius 1 is 1.13 bits per heavy atom. The number of thioether (sulfide) groups is 1. The van der Waals surface area contributed by atoms with Gasteiger partial charge in [-0.15, -0.1) is 11.8 Å². The number of amides is 1.